The van der Waals surface area contributed by atoms with Crippen molar-refractivity contribution in [3.05, 3.63) is 0 Å². The molecule has 29 heavy (non-hydrogen) atoms. The van der Waals surface area contributed by atoms with Crippen molar-refractivity contribution in [1.29, 1.82) is 0 Å². The van der Waals surface area contributed by atoms with Crippen LogP contribution in [0.1, 0.15) is 32.6 Å². The summed E-state index contributed by atoms with van der Waals surface area (Å²) in [6, 6.07) is 0. The van der Waals surface area contributed by atoms with Crippen LogP contribution in [0.3, 0.4) is 0 Å². The second kappa shape index (κ2) is 12.1. The minimum atomic E-state index is -1.61. The number of thiol groups is 1. The Kier molecular flexibility index (Phi) is 10.5. The summed E-state index contributed by atoms with van der Waals surface area (Å²) < 4.78 is 22.0. The van der Waals surface area contributed by atoms with Gasteiger partial charge < -0.3 is 49.6 Å². The molecule has 10 atom stereocenters. The van der Waals surface area contributed by atoms with E-state index in [1.807, 2.05) is 0 Å². The van der Waals surface area contributed by atoms with Crippen LogP contribution in [0.4, 0.5) is 0 Å². The highest BCUT2D eigenvalue weighted by Crippen LogP contribution is 2.29. The SMILES string of the molecule is CCCCCCO[C@@H]1OC(CO)[C@@H](O[C@@H]2OC(CS)[C@H](O)[C@H](O)C2O)[C@H](O)C1O. The van der Waals surface area contributed by atoms with Crippen LogP contribution in [0.2, 0.25) is 0 Å². The molecule has 2 heterocycles. The van der Waals surface area contributed by atoms with Gasteiger partial charge in [-0.2, -0.15) is 12.6 Å². The van der Waals surface area contributed by atoms with Gasteiger partial charge in [0.05, 0.1) is 12.7 Å². The monoisotopic (exact) mass is 442 g/mol. The maximum atomic E-state index is 10.5. The Hall–Kier alpha value is -0.0500. The van der Waals surface area contributed by atoms with Gasteiger partial charge in [0.25, 0.3) is 0 Å². The normalized spacial score (nSPS) is 43.4. The minimum Gasteiger partial charge on any atom is -0.394 e. The van der Waals surface area contributed by atoms with Gasteiger partial charge in [0.1, 0.15) is 42.7 Å². The Morgan fingerprint density at radius 1 is 0.793 bits per heavy atom. The van der Waals surface area contributed by atoms with Crippen LogP contribution in [0.15, 0.2) is 0 Å². The molecule has 0 aromatic rings. The van der Waals surface area contributed by atoms with Crippen LogP contribution in [-0.2, 0) is 18.9 Å². The molecule has 0 saturated carbocycles. The van der Waals surface area contributed by atoms with Gasteiger partial charge in [-0.25, -0.2) is 0 Å². The van der Waals surface area contributed by atoms with E-state index in [-0.39, 0.29) is 5.75 Å². The summed E-state index contributed by atoms with van der Waals surface area (Å²) in [4.78, 5) is 0. The van der Waals surface area contributed by atoms with Gasteiger partial charge >= 0.3 is 0 Å². The second-order valence-electron chi connectivity index (χ2n) is 7.44. The molecule has 172 valence electrons. The standard InChI is InChI=1S/C18H34O10S/c1-2-3-4-5-6-25-17-15(24)13(22)16(9(7-19)26-17)28-18-14(23)12(21)11(20)10(8-29)27-18/h9-24,29H,2-8H2,1H3/t9?,10?,11-,12-,13+,14?,15?,16+,17+,18-/m0/s1. The molecule has 0 aromatic carbocycles. The molecule has 2 rings (SSSR count). The number of hydrogen-bond donors (Lipinski definition) is 7. The lowest BCUT2D eigenvalue weighted by Crippen LogP contribution is -2.64. The molecular weight excluding hydrogens is 408 g/mol. The highest BCUT2D eigenvalue weighted by atomic mass is 32.1. The Labute approximate surface area is 175 Å². The molecule has 2 aliphatic heterocycles. The average Bonchev–Trinajstić information content (AvgIpc) is 2.72. The number of rotatable bonds is 10. The van der Waals surface area contributed by atoms with Crippen molar-refractivity contribution in [2.75, 3.05) is 19.0 Å². The topological polar surface area (TPSA) is 158 Å². The zero-order valence-electron chi connectivity index (χ0n) is 16.5. The molecule has 0 aromatic heterocycles. The molecule has 0 radical (unpaired) electrons. The van der Waals surface area contributed by atoms with Gasteiger partial charge in [0.2, 0.25) is 0 Å². The molecule has 0 spiro atoms. The summed E-state index contributed by atoms with van der Waals surface area (Å²) in [5, 5.41) is 60.5. The predicted molar refractivity (Wildman–Crippen MR) is 103 cm³/mol. The van der Waals surface area contributed by atoms with Gasteiger partial charge in [-0.3, -0.25) is 0 Å². The van der Waals surface area contributed by atoms with Crippen molar-refractivity contribution < 1.29 is 49.6 Å². The predicted octanol–water partition coefficient (Wildman–Crippen LogP) is -1.86. The number of hydrogen-bond acceptors (Lipinski definition) is 11. The average molecular weight is 443 g/mol. The maximum Gasteiger partial charge on any atom is 0.187 e. The van der Waals surface area contributed by atoms with Crippen LogP contribution >= 0.6 is 12.6 Å². The van der Waals surface area contributed by atoms with Gasteiger partial charge in [-0.15, -0.1) is 0 Å². The van der Waals surface area contributed by atoms with Crippen molar-refractivity contribution in [2.45, 2.75) is 94.0 Å². The molecule has 2 fully saturated rings. The van der Waals surface area contributed by atoms with E-state index in [0.717, 1.165) is 25.7 Å². The van der Waals surface area contributed by atoms with Crippen molar-refractivity contribution in [3.8, 4) is 0 Å². The van der Waals surface area contributed by atoms with Crippen LogP contribution in [0, 0.1) is 0 Å². The van der Waals surface area contributed by atoms with Crippen LogP contribution in [-0.4, -0.2) is 111 Å². The number of aliphatic hydroxyl groups excluding tert-OH is 6. The molecule has 11 heteroatoms. The molecule has 2 saturated heterocycles. The van der Waals surface area contributed by atoms with E-state index in [1.165, 1.54) is 0 Å². The Balaban J connectivity index is 1.98. The highest BCUT2D eigenvalue weighted by Gasteiger charge is 2.50. The first-order valence-electron chi connectivity index (χ1n) is 10.1. The lowest BCUT2D eigenvalue weighted by Gasteiger charge is -2.46. The van der Waals surface area contributed by atoms with Crippen molar-refractivity contribution in [1.82, 2.24) is 0 Å². The molecule has 6 N–H and O–H groups in total. The van der Waals surface area contributed by atoms with Gasteiger partial charge in [0, 0.05) is 12.4 Å². The first-order valence-corrected chi connectivity index (χ1v) is 10.7. The molecule has 2 aliphatic rings. The first-order chi connectivity index (χ1) is 13.8. The number of unbranched alkanes of at least 4 members (excludes halogenated alkanes) is 3. The lowest BCUT2D eigenvalue weighted by atomic mass is 9.97. The third-order valence-electron chi connectivity index (χ3n) is 5.24. The smallest absolute Gasteiger partial charge is 0.187 e. The van der Waals surface area contributed by atoms with Crippen LogP contribution < -0.4 is 0 Å². The zero-order valence-corrected chi connectivity index (χ0v) is 17.4. The van der Waals surface area contributed by atoms with E-state index < -0.39 is 68.0 Å². The maximum absolute atomic E-state index is 10.5. The summed E-state index contributed by atoms with van der Waals surface area (Å²) in [6.45, 7) is 1.87. The summed E-state index contributed by atoms with van der Waals surface area (Å²) >= 11 is 4.03. The quantitative estimate of drug-likeness (QED) is 0.151. The molecule has 4 unspecified atom stereocenters. The minimum absolute atomic E-state index is 0.0501. The van der Waals surface area contributed by atoms with Crippen LogP contribution in [0.5, 0.6) is 0 Å². The largest absolute Gasteiger partial charge is 0.394 e. The van der Waals surface area contributed by atoms with Gasteiger partial charge in [0.15, 0.2) is 12.6 Å². The number of aliphatic hydroxyl groups is 6. The van der Waals surface area contributed by atoms with Crippen LogP contribution in [0.25, 0.3) is 0 Å². The summed E-state index contributed by atoms with van der Waals surface area (Å²) in [5.41, 5.74) is 0. The number of ether oxygens (including phenoxy) is 4. The Morgan fingerprint density at radius 2 is 1.45 bits per heavy atom. The van der Waals surface area contributed by atoms with E-state index >= 15 is 0 Å². The van der Waals surface area contributed by atoms with E-state index in [9.17, 15) is 30.6 Å². The fraction of sp³-hybridized carbons (Fsp3) is 1.00. The Morgan fingerprint density at radius 3 is 2.07 bits per heavy atom. The van der Waals surface area contributed by atoms with E-state index in [0.29, 0.717) is 6.61 Å². The first kappa shape index (κ1) is 25.2. The van der Waals surface area contributed by atoms with Crippen molar-refractivity contribution in [3.63, 3.8) is 0 Å². The Bertz CT molecular complexity index is 468. The molecular formula is C18H34O10S. The van der Waals surface area contributed by atoms with E-state index in [1.54, 1.807) is 0 Å². The fourth-order valence-electron chi connectivity index (χ4n) is 3.42. The summed E-state index contributed by atoms with van der Waals surface area (Å²) in [7, 11) is 0. The fourth-order valence-corrected chi connectivity index (χ4v) is 3.72. The third kappa shape index (κ3) is 6.23. The molecule has 0 amide bonds. The van der Waals surface area contributed by atoms with E-state index in [4.69, 9.17) is 18.9 Å². The molecule has 10 nitrogen and oxygen atoms in total. The second-order valence-corrected chi connectivity index (χ2v) is 7.80. The van der Waals surface area contributed by atoms with E-state index in [2.05, 4.69) is 19.6 Å². The molecule has 0 bridgehead atoms. The molecule has 0 aliphatic carbocycles. The van der Waals surface area contributed by atoms with Gasteiger partial charge in [-0.05, 0) is 6.42 Å². The zero-order chi connectivity index (χ0) is 21.6. The highest BCUT2D eigenvalue weighted by molar-refractivity contribution is 7.80. The summed E-state index contributed by atoms with van der Waals surface area (Å²) in [6.07, 6.45) is -9.43. The third-order valence-corrected chi connectivity index (χ3v) is 5.60. The van der Waals surface area contributed by atoms with Crippen molar-refractivity contribution >= 4 is 12.6 Å². The summed E-state index contributed by atoms with van der Waals surface area (Å²) in [5.74, 6) is 0.0501. The van der Waals surface area contributed by atoms with Gasteiger partial charge in [-0.1, -0.05) is 26.2 Å². The lowest BCUT2D eigenvalue weighted by molar-refractivity contribution is -0.356. The van der Waals surface area contributed by atoms with Crippen molar-refractivity contribution in [2.24, 2.45) is 0 Å².